The third-order valence-electron chi connectivity index (χ3n) is 3.63. The first-order chi connectivity index (χ1) is 11.8. The van der Waals surface area contributed by atoms with Crippen molar-refractivity contribution < 1.29 is 4.74 Å². The molecule has 2 aromatic carbocycles. The van der Waals surface area contributed by atoms with Gasteiger partial charge in [-0.3, -0.25) is 0 Å². The highest BCUT2D eigenvalue weighted by Crippen LogP contribution is 2.25. The van der Waals surface area contributed by atoms with Crippen LogP contribution in [0.3, 0.4) is 0 Å². The summed E-state index contributed by atoms with van der Waals surface area (Å²) >= 11 is 0. The van der Waals surface area contributed by atoms with Crippen molar-refractivity contribution in [2.75, 3.05) is 6.61 Å². The number of aromatic nitrogens is 2. The molecule has 0 bridgehead atoms. The number of hydrogen-bond donors (Lipinski definition) is 0. The Balaban J connectivity index is 1.77. The van der Waals surface area contributed by atoms with E-state index in [0.717, 1.165) is 41.0 Å². The van der Waals surface area contributed by atoms with Gasteiger partial charge in [0.1, 0.15) is 11.8 Å². The summed E-state index contributed by atoms with van der Waals surface area (Å²) in [5, 5.41) is 8.74. The van der Waals surface area contributed by atoms with E-state index in [4.69, 9.17) is 10.00 Å². The van der Waals surface area contributed by atoms with Gasteiger partial charge in [-0.05, 0) is 35.2 Å². The lowest BCUT2D eigenvalue weighted by molar-refractivity contribution is 0.317. The Kier molecular flexibility index (Phi) is 4.83. The van der Waals surface area contributed by atoms with Crippen molar-refractivity contribution >= 4 is 0 Å². The van der Waals surface area contributed by atoms with Gasteiger partial charge in [-0.1, -0.05) is 43.3 Å². The van der Waals surface area contributed by atoms with Crippen molar-refractivity contribution in [3.63, 3.8) is 0 Å². The summed E-state index contributed by atoms with van der Waals surface area (Å²) in [6.07, 6.45) is 4.34. The highest BCUT2D eigenvalue weighted by Gasteiger charge is 2.03. The van der Waals surface area contributed by atoms with Crippen LogP contribution in [-0.2, 0) is 0 Å². The van der Waals surface area contributed by atoms with E-state index in [1.807, 2.05) is 30.3 Å². The first-order valence-electron chi connectivity index (χ1n) is 7.86. The van der Waals surface area contributed by atoms with Gasteiger partial charge in [-0.2, -0.15) is 5.26 Å². The Morgan fingerprint density at radius 2 is 1.33 bits per heavy atom. The summed E-state index contributed by atoms with van der Waals surface area (Å²) in [5.41, 5.74) is 4.19. The summed E-state index contributed by atoms with van der Waals surface area (Å²) in [6, 6.07) is 18.2. The maximum atomic E-state index is 8.74. The number of rotatable bonds is 5. The number of ether oxygens (including phenoxy) is 1. The van der Waals surface area contributed by atoms with Crippen LogP contribution in [0.25, 0.3) is 22.3 Å². The molecule has 3 rings (SSSR count). The molecule has 4 heteroatoms. The number of hydrogen-bond acceptors (Lipinski definition) is 4. The fraction of sp³-hybridized carbons (Fsp3) is 0.150. The minimum absolute atomic E-state index is 0.181. The molecule has 0 radical (unpaired) electrons. The van der Waals surface area contributed by atoms with Gasteiger partial charge < -0.3 is 4.74 Å². The molecular weight excluding hydrogens is 298 g/mol. The molecule has 24 heavy (non-hydrogen) atoms. The molecule has 0 fully saturated rings. The third kappa shape index (κ3) is 3.58. The van der Waals surface area contributed by atoms with Crippen molar-refractivity contribution in [2.45, 2.75) is 13.3 Å². The summed E-state index contributed by atoms with van der Waals surface area (Å²) < 4.78 is 5.61. The molecule has 0 N–H and O–H groups in total. The molecule has 1 aromatic heterocycles. The SMILES string of the molecule is CCCOc1ccc(-c2ccc(-c3cnc(C#N)nc3)cc2)cc1. The molecule has 4 nitrogen and oxygen atoms in total. The standard InChI is InChI=1S/C20H17N3O/c1-2-11-24-19-9-7-16(8-10-19)15-3-5-17(6-4-15)18-13-22-20(12-21)23-14-18/h3-10,13-14H,2,11H2,1H3. The predicted octanol–water partition coefficient (Wildman–Crippen LogP) is 4.47. The Bertz CT molecular complexity index is 832. The van der Waals surface area contributed by atoms with Gasteiger partial charge in [0.05, 0.1) is 6.61 Å². The van der Waals surface area contributed by atoms with Crippen LogP contribution in [0.5, 0.6) is 5.75 Å². The Hall–Kier alpha value is -3.19. The van der Waals surface area contributed by atoms with Crippen molar-refractivity contribution in [3.8, 4) is 34.1 Å². The molecule has 3 aromatic rings. The van der Waals surface area contributed by atoms with Gasteiger partial charge in [0.25, 0.3) is 0 Å². The van der Waals surface area contributed by atoms with Gasteiger partial charge >= 0.3 is 0 Å². The summed E-state index contributed by atoms with van der Waals surface area (Å²) in [7, 11) is 0. The number of benzene rings is 2. The maximum absolute atomic E-state index is 8.74. The molecule has 0 unspecified atom stereocenters. The minimum atomic E-state index is 0.181. The van der Waals surface area contributed by atoms with Crippen molar-refractivity contribution in [1.29, 1.82) is 5.26 Å². The van der Waals surface area contributed by atoms with Crippen LogP contribution < -0.4 is 4.74 Å². The molecule has 1 heterocycles. The fourth-order valence-electron chi connectivity index (χ4n) is 2.35. The van der Waals surface area contributed by atoms with Gasteiger partial charge in [0, 0.05) is 18.0 Å². The summed E-state index contributed by atoms with van der Waals surface area (Å²) in [6.45, 7) is 2.83. The molecule has 0 amide bonds. The largest absolute Gasteiger partial charge is 0.494 e. The van der Waals surface area contributed by atoms with Gasteiger partial charge in [0.2, 0.25) is 5.82 Å². The zero-order valence-corrected chi connectivity index (χ0v) is 13.4. The van der Waals surface area contributed by atoms with Crippen LogP contribution >= 0.6 is 0 Å². The average molecular weight is 315 g/mol. The summed E-state index contributed by atoms with van der Waals surface area (Å²) in [4.78, 5) is 8.00. The molecule has 0 saturated carbocycles. The van der Waals surface area contributed by atoms with E-state index in [0.29, 0.717) is 0 Å². The average Bonchev–Trinajstić information content (AvgIpc) is 2.67. The highest BCUT2D eigenvalue weighted by molar-refractivity contribution is 5.70. The Morgan fingerprint density at radius 1 is 0.833 bits per heavy atom. The lowest BCUT2D eigenvalue weighted by Crippen LogP contribution is -1.94. The first kappa shape index (κ1) is 15.7. The van der Waals surface area contributed by atoms with E-state index in [9.17, 15) is 0 Å². The normalized spacial score (nSPS) is 10.2. The zero-order chi connectivity index (χ0) is 16.8. The monoisotopic (exact) mass is 315 g/mol. The lowest BCUT2D eigenvalue weighted by Gasteiger charge is -2.07. The first-order valence-corrected chi connectivity index (χ1v) is 7.86. The second-order valence-electron chi connectivity index (χ2n) is 5.36. The molecule has 0 aliphatic rings. The van der Waals surface area contributed by atoms with E-state index in [1.54, 1.807) is 12.4 Å². The maximum Gasteiger partial charge on any atom is 0.232 e. The van der Waals surface area contributed by atoms with E-state index in [1.165, 1.54) is 0 Å². The van der Waals surface area contributed by atoms with Gasteiger partial charge in [0.15, 0.2) is 0 Å². The van der Waals surface area contributed by atoms with Crippen LogP contribution in [0, 0.1) is 11.3 Å². The fourth-order valence-corrected chi connectivity index (χ4v) is 2.35. The number of nitriles is 1. The van der Waals surface area contributed by atoms with Gasteiger partial charge in [-0.15, -0.1) is 0 Å². The lowest BCUT2D eigenvalue weighted by atomic mass is 10.0. The zero-order valence-electron chi connectivity index (χ0n) is 13.4. The molecule has 0 spiro atoms. The molecule has 0 saturated heterocycles. The second kappa shape index (κ2) is 7.38. The molecule has 0 aliphatic heterocycles. The van der Waals surface area contributed by atoms with E-state index < -0.39 is 0 Å². The Morgan fingerprint density at radius 3 is 1.83 bits per heavy atom. The quantitative estimate of drug-likeness (QED) is 0.697. The third-order valence-corrected chi connectivity index (χ3v) is 3.63. The second-order valence-corrected chi connectivity index (χ2v) is 5.36. The van der Waals surface area contributed by atoms with Crippen molar-refractivity contribution in [3.05, 3.63) is 66.7 Å². The van der Waals surface area contributed by atoms with E-state index >= 15 is 0 Å². The minimum Gasteiger partial charge on any atom is -0.494 e. The van der Waals surface area contributed by atoms with Crippen LogP contribution in [-0.4, -0.2) is 16.6 Å². The molecule has 0 atom stereocenters. The van der Waals surface area contributed by atoms with Crippen molar-refractivity contribution in [1.82, 2.24) is 9.97 Å². The van der Waals surface area contributed by atoms with Crippen molar-refractivity contribution in [2.24, 2.45) is 0 Å². The number of nitrogens with zero attached hydrogens (tertiary/aromatic N) is 3. The topological polar surface area (TPSA) is 58.8 Å². The van der Waals surface area contributed by atoms with E-state index in [2.05, 4.69) is 41.2 Å². The molecular formula is C20H17N3O. The summed E-state index contributed by atoms with van der Waals surface area (Å²) in [5.74, 6) is 1.08. The van der Waals surface area contributed by atoms with Crippen LogP contribution in [0.2, 0.25) is 0 Å². The highest BCUT2D eigenvalue weighted by atomic mass is 16.5. The molecule has 118 valence electrons. The Labute approximate surface area is 141 Å². The van der Waals surface area contributed by atoms with Crippen LogP contribution in [0.15, 0.2) is 60.9 Å². The van der Waals surface area contributed by atoms with Gasteiger partial charge in [-0.25, -0.2) is 9.97 Å². The molecule has 0 aliphatic carbocycles. The van der Waals surface area contributed by atoms with E-state index in [-0.39, 0.29) is 5.82 Å². The smallest absolute Gasteiger partial charge is 0.232 e. The van der Waals surface area contributed by atoms with Crippen LogP contribution in [0.1, 0.15) is 19.2 Å². The van der Waals surface area contributed by atoms with Crippen LogP contribution in [0.4, 0.5) is 0 Å². The predicted molar refractivity (Wildman–Crippen MR) is 93.4 cm³/mol.